The number of nitrogens with one attached hydrogen (secondary N) is 1. The van der Waals surface area contributed by atoms with Gasteiger partial charge in [-0.15, -0.1) is 0 Å². The topological polar surface area (TPSA) is 90.8 Å². The number of halogens is 3. The minimum Gasteiger partial charge on any atom is -0.388 e. The minimum atomic E-state index is -4.35. The highest BCUT2D eigenvalue weighted by atomic mass is 19.4. The third-order valence-corrected chi connectivity index (χ3v) is 4.94. The monoisotopic (exact) mass is 458 g/mol. The first-order valence-corrected chi connectivity index (χ1v) is 10.1. The fraction of sp³-hybridized carbons (Fsp3) is 0.261. The van der Waals surface area contributed by atoms with Crippen molar-refractivity contribution in [2.75, 3.05) is 18.1 Å². The zero-order valence-corrected chi connectivity index (χ0v) is 18.7. The molecule has 2 heterocycles. The number of nitrogens with two attached hydrogens (primary N) is 1. The van der Waals surface area contributed by atoms with E-state index in [1.165, 1.54) is 12.4 Å². The molecule has 33 heavy (non-hydrogen) atoms. The smallest absolute Gasteiger partial charge is 0.388 e. The van der Waals surface area contributed by atoms with Crippen molar-refractivity contribution in [1.29, 1.82) is 0 Å². The van der Waals surface area contributed by atoms with Crippen molar-refractivity contribution < 1.29 is 18.0 Å². The Morgan fingerprint density at radius 2 is 1.70 bits per heavy atom. The van der Waals surface area contributed by atoms with Crippen LogP contribution in [0.5, 0.6) is 0 Å². The number of hydrogen-bond donors (Lipinski definition) is 2. The lowest BCUT2D eigenvalue weighted by atomic mass is 9.92. The standard InChI is InChI=1S/C15H12F3N3.C8H13N3O/c1-19-11-3-5-12(6-4-11)21-9-20-13-8-10(15(16,17)18)2-7-14(13)21;1-8(2,3)6-4-7(9)11(5-12)10-6/h2-9,19H,1H3;4-5H,9H2,1-3H3. The third-order valence-electron chi connectivity index (χ3n) is 4.94. The average Bonchev–Trinajstić information content (AvgIpc) is 3.36. The van der Waals surface area contributed by atoms with E-state index in [1.54, 1.807) is 10.6 Å². The molecule has 0 amide bonds. The zero-order chi connectivity index (χ0) is 24.4. The first kappa shape index (κ1) is 23.8. The van der Waals surface area contributed by atoms with Gasteiger partial charge in [0.05, 0.1) is 22.3 Å². The van der Waals surface area contributed by atoms with Crippen LogP contribution in [-0.2, 0) is 16.4 Å². The highest BCUT2D eigenvalue weighted by Gasteiger charge is 2.30. The molecule has 0 fully saturated rings. The van der Waals surface area contributed by atoms with Crippen molar-refractivity contribution in [2.24, 2.45) is 0 Å². The normalized spacial score (nSPS) is 11.7. The summed E-state index contributed by atoms with van der Waals surface area (Å²) in [5, 5.41) is 7.03. The number of benzene rings is 2. The molecule has 10 heteroatoms. The van der Waals surface area contributed by atoms with Gasteiger partial charge in [-0.3, -0.25) is 9.36 Å². The predicted octanol–water partition coefficient (Wildman–Crippen LogP) is 4.89. The van der Waals surface area contributed by atoms with E-state index in [0.29, 0.717) is 23.3 Å². The lowest BCUT2D eigenvalue weighted by molar-refractivity contribution is -0.137. The van der Waals surface area contributed by atoms with Crippen LogP contribution in [-0.4, -0.2) is 32.8 Å². The Bertz CT molecular complexity index is 1250. The number of hydrogen-bond acceptors (Lipinski definition) is 5. The van der Waals surface area contributed by atoms with Gasteiger partial charge in [-0.1, -0.05) is 20.8 Å². The van der Waals surface area contributed by atoms with Crippen molar-refractivity contribution in [3.8, 4) is 5.69 Å². The molecule has 4 aromatic rings. The largest absolute Gasteiger partial charge is 0.416 e. The molecule has 0 unspecified atom stereocenters. The predicted molar refractivity (Wildman–Crippen MR) is 123 cm³/mol. The van der Waals surface area contributed by atoms with Crippen LogP contribution in [0.4, 0.5) is 24.7 Å². The number of carbonyl (C=O) groups excluding carboxylic acids is 1. The van der Waals surface area contributed by atoms with Crippen LogP contribution in [0.1, 0.15) is 32.0 Å². The summed E-state index contributed by atoms with van der Waals surface area (Å²) in [5.41, 5.74) is 8.35. The van der Waals surface area contributed by atoms with Gasteiger partial charge in [0.1, 0.15) is 12.1 Å². The van der Waals surface area contributed by atoms with E-state index < -0.39 is 11.7 Å². The summed E-state index contributed by atoms with van der Waals surface area (Å²) in [6.45, 7) is 6.05. The van der Waals surface area contributed by atoms with Gasteiger partial charge in [0.25, 0.3) is 0 Å². The average molecular weight is 458 g/mol. The number of rotatable bonds is 3. The zero-order valence-electron chi connectivity index (χ0n) is 18.7. The van der Waals surface area contributed by atoms with Crippen LogP contribution in [0.2, 0.25) is 0 Å². The van der Waals surface area contributed by atoms with E-state index in [4.69, 9.17) is 5.73 Å². The molecule has 0 bridgehead atoms. The maximum Gasteiger partial charge on any atom is 0.416 e. The first-order chi connectivity index (χ1) is 15.4. The van der Waals surface area contributed by atoms with Gasteiger partial charge >= 0.3 is 6.18 Å². The quantitative estimate of drug-likeness (QED) is 0.427. The van der Waals surface area contributed by atoms with Crippen LogP contribution in [0.15, 0.2) is 54.9 Å². The second kappa shape index (κ2) is 8.97. The first-order valence-electron chi connectivity index (χ1n) is 10.1. The molecule has 0 aliphatic carbocycles. The Morgan fingerprint density at radius 3 is 2.18 bits per heavy atom. The van der Waals surface area contributed by atoms with Crippen molar-refractivity contribution >= 4 is 28.9 Å². The molecule has 0 aliphatic rings. The Balaban J connectivity index is 0.000000218. The molecular weight excluding hydrogens is 433 g/mol. The lowest BCUT2D eigenvalue weighted by Crippen LogP contribution is -2.12. The molecule has 7 nitrogen and oxygen atoms in total. The number of anilines is 2. The molecule has 174 valence electrons. The van der Waals surface area contributed by atoms with Crippen LogP contribution in [0, 0.1) is 0 Å². The highest BCUT2D eigenvalue weighted by molar-refractivity contribution is 5.78. The molecular formula is C23H25F3N6O. The van der Waals surface area contributed by atoms with E-state index in [0.717, 1.165) is 33.9 Å². The third kappa shape index (κ3) is 5.33. The number of nitrogen functional groups attached to an aromatic ring is 1. The van der Waals surface area contributed by atoms with Gasteiger partial charge in [-0.05, 0) is 42.5 Å². The second-order valence-electron chi connectivity index (χ2n) is 8.37. The summed E-state index contributed by atoms with van der Waals surface area (Å²) in [6, 6.07) is 12.8. The molecule has 0 saturated carbocycles. The number of aromatic nitrogens is 4. The Labute approximate surface area is 189 Å². The fourth-order valence-corrected chi connectivity index (χ4v) is 3.04. The van der Waals surface area contributed by atoms with Crippen molar-refractivity contribution in [2.45, 2.75) is 32.4 Å². The van der Waals surface area contributed by atoms with E-state index in [1.807, 2.05) is 52.1 Å². The Kier molecular flexibility index (Phi) is 6.48. The van der Waals surface area contributed by atoms with Crippen molar-refractivity contribution in [3.05, 3.63) is 66.1 Å². The second-order valence-corrected chi connectivity index (χ2v) is 8.37. The maximum atomic E-state index is 12.7. The number of alkyl halides is 3. The summed E-state index contributed by atoms with van der Waals surface area (Å²) < 4.78 is 41.0. The number of imidazole rings is 1. The Hall–Kier alpha value is -3.82. The summed E-state index contributed by atoms with van der Waals surface area (Å²) >= 11 is 0. The molecule has 0 aliphatic heterocycles. The molecule has 0 atom stereocenters. The molecule has 4 rings (SSSR count). The van der Waals surface area contributed by atoms with Crippen LogP contribution < -0.4 is 11.1 Å². The SMILES string of the molecule is CC(C)(C)c1cc(N)n(C=O)n1.CNc1ccc(-n2cnc3cc(C(F)(F)F)ccc32)cc1. The van der Waals surface area contributed by atoms with Gasteiger partial charge < -0.3 is 11.1 Å². The van der Waals surface area contributed by atoms with Crippen molar-refractivity contribution in [3.63, 3.8) is 0 Å². The van der Waals surface area contributed by atoms with Gasteiger partial charge in [-0.25, -0.2) is 4.98 Å². The fourth-order valence-electron chi connectivity index (χ4n) is 3.04. The van der Waals surface area contributed by atoms with E-state index >= 15 is 0 Å². The Morgan fingerprint density at radius 1 is 1.03 bits per heavy atom. The molecule has 2 aromatic heterocycles. The summed E-state index contributed by atoms with van der Waals surface area (Å²) in [6.07, 6.45) is -2.23. The van der Waals surface area contributed by atoms with Gasteiger partial charge in [0.2, 0.25) is 6.41 Å². The van der Waals surface area contributed by atoms with Crippen LogP contribution in [0.3, 0.4) is 0 Å². The summed E-state index contributed by atoms with van der Waals surface area (Å²) in [7, 11) is 1.82. The van der Waals surface area contributed by atoms with Crippen molar-refractivity contribution in [1.82, 2.24) is 19.3 Å². The number of nitrogens with zero attached hydrogens (tertiary/aromatic N) is 4. The van der Waals surface area contributed by atoms with E-state index in [2.05, 4.69) is 15.4 Å². The van der Waals surface area contributed by atoms with Gasteiger partial charge in [-0.2, -0.15) is 23.0 Å². The lowest BCUT2D eigenvalue weighted by Gasteiger charge is -2.13. The van der Waals surface area contributed by atoms with Crippen LogP contribution in [0.25, 0.3) is 16.7 Å². The minimum absolute atomic E-state index is 0.0671. The van der Waals surface area contributed by atoms with Gasteiger partial charge in [0, 0.05) is 29.9 Å². The van der Waals surface area contributed by atoms with E-state index in [9.17, 15) is 18.0 Å². The number of carbonyl (C=O) groups is 1. The molecule has 0 radical (unpaired) electrons. The molecule has 0 saturated heterocycles. The van der Waals surface area contributed by atoms with Crippen LogP contribution >= 0.6 is 0 Å². The maximum absolute atomic E-state index is 12.7. The van der Waals surface area contributed by atoms with Gasteiger partial charge in [0.15, 0.2) is 0 Å². The molecule has 2 aromatic carbocycles. The number of fused-ring (bicyclic) bond motifs is 1. The van der Waals surface area contributed by atoms with E-state index in [-0.39, 0.29) is 5.41 Å². The molecule has 0 spiro atoms. The molecule has 3 N–H and O–H groups in total. The highest BCUT2D eigenvalue weighted by Crippen LogP contribution is 2.31. The summed E-state index contributed by atoms with van der Waals surface area (Å²) in [4.78, 5) is 14.4. The summed E-state index contributed by atoms with van der Waals surface area (Å²) in [5.74, 6) is 0.384.